The summed E-state index contributed by atoms with van der Waals surface area (Å²) in [6, 6.07) is 21.3. The maximum atomic E-state index is 5.01. The maximum absolute atomic E-state index is 5.01. The lowest BCUT2D eigenvalue weighted by atomic mass is 9.93. The zero-order valence-electron chi connectivity index (χ0n) is 19.0. The van der Waals surface area contributed by atoms with Crippen LogP contribution in [0.3, 0.4) is 0 Å². The number of aromatic nitrogens is 3. The smallest absolute Gasteiger partial charge is 0.138 e. The lowest BCUT2D eigenvalue weighted by Gasteiger charge is -2.28. The third kappa shape index (κ3) is 4.39. The number of anilines is 1. The van der Waals surface area contributed by atoms with Gasteiger partial charge in [0.2, 0.25) is 0 Å². The Morgan fingerprint density at radius 3 is 2.66 bits per heavy atom. The summed E-state index contributed by atoms with van der Waals surface area (Å²) in [4.78, 5) is 17.9. The molecule has 3 aromatic heterocycles. The Hall–Kier alpha value is -3.18. The Morgan fingerprint density at radius 1 is 1.03 bits per heavy atom. The third-order valence-electron chi connectivity index (χ3n) is 6.69. The number of rotatable bonds is 6. The average molecular weight is 426 g/mol. The van der Waals surface area contributed by atoms with Crippen molar-refractivity contribution >= 4 is 16.9 Å². The highest BCUT2D eigenvalue weighted by Gasteiger charge is 2.21. The molecule has 4 heterocycles. The van der Waals surface area contributed by atoms with Crippen LogP contribution in [0.1, 0.15) is 30.0 Å². The van der Waals surface area contributed by atoms with Crippen molar-refractivity contribution in [2.75, 3.05) is 38.6 Å². The first kappa shape index (κ1) is 20.7. The minimum absolute atomic E-state index is 0.580. The van der Waals surface area contributed by atoms with E-state index in [4.69, 9.17) is 4.98 Å². The monoisotopic (exact) mass is 425 g/mol. The van der Waals surface area contributed by atoms with E-state index < -0.39 is 0 Å². The molecule has 0 saturated carbocycles. The SMILES string of the molecule is CN1CCC(c2cc3c(-c4cccc(N(C)CCc5ccccc5)n4)ccnc3[nH]2)CC1. The molecule has 1 fully saturated rings. The molecule has 32 heavy (non-hydrogen) atoms. The number of nitrogens with zero attached hydrogens (tertiary/aromatic N) is 4. The predicted octanol–water partition coefficient (Wildman–Crippen LogP) is 5.11. The minimum atomic E-state index is 0.580. The first-order valence-corrected chi connectivity index (χ1v) is 11.6. The van der Waals surface area contributed by atoms with Crippen LogP contribution in [0.25, 0.3) is 22.3 Å². The number of fused-ring (bicyclic) bond motifs is 1. The van der Waals surface area contributed by atoms with Gasteiger partial charge in [-0.15, -0.1) is 0 Å². The number of benzene rings is 1. The molecule has 1 aromatic carbocycles. The van der Waals surface area contributed by atoms with Gasteiger partial charge in [-0.1, -0.05) is 36.4 Å². The van der Waals surface area contributed by atoms with Gasteiger partial charge < -0.3 is 14.8 Å². The van der Waals surface area contributed by atoms with Crippen molar-refractivity contribution in [3.05, 3.63) is 78.1 Å². The molecule has 5 heteroatoms. The van der Waals surface area contributed by atoms with Crippen LogP contribution >= 0.6 is 0 Å². The molecule has 1 aliphatic rings. The highest BCUT2D eigenvalue weighted by molar-refractivity contribution is 5.92. The maximum Gasteiger partial charge on any atom is 0.138 e. The molecule has 0 aliphatic carbocycles. The summed E-state index contributed by atoms with van der Waals surface area (Å²) in [5.41, 5.74) is 5.75. The quantitative estimate of drug-likeness (QED) is 0.466. The minimum Gasteiger partial charge on any atom is -0.359 e. The molecule has 0 radical (unpaired) electrons. The number of likely N-dealkylation sites (tertiary alicyclic amines) is 1. The second-order valence-electron chi connectivity index (χ2n) is 8.96. The number of nitrogens with one attached hydrogen (secondary N) is 1. The number of hydrogen-bond acceptors (Lipinski definition) is 4. The van der Waals surface area contributed by atoms with E-state index in [1.54, 1.807) is 0 Å². The summed E-state index contributed by atoms with van der Waals surface area (Å²) in [5, 5.41) is 1.16. The normalized spacial score (nSPS) is 15.3. The number of aromatic amines is 1. The molecule has 5 rings (SSSR count). The number of H-pyrrole nitrogens is 1. The van der Waals surface area contributed by atoms with E-state index in [0.29, 0.717) is 5.92 Å². The molecule has 4 aromatic rings. The van der Waals surface area contributed by atoms with Crippen molar-refractivity contribution in [1.82, 2.24) is 19.9 Å². The van der Waals surface area contributed by atoms with Gasteiger partial charge in [-0.3, -0.25) is 0 Å². The standard InChI is InChI=1S/C27H31N5/c1-31-16-13-21(14-17-31)25-19-23-22(11-15-28-27(23)30-25)24-9-6-10-26(29-24)32(2)18-12-20-7-4-3-5-8-20/h3-11,15,19,21H,12-14,16-18H2,1-2H3,(H,28,30). The van der Waals surface area contributed by atoms with Gasteiger partial charge in [-0.2, -0.15) is 0 Å². The van der Waals surface area contributed by atoms with Gasteiger partial charge in [0, 0.05) is 42.4 Å². The average Bonchev–Trinajstić information content (AvgIpc) is 3.28. The van der Waals surface area contributed by atoms with Crippen molar-refractivity contribution in [3.63, 3.8) is 0 Å². The van der Waals surface area contributed by atoms with Gasteiger partial charge in [0.05, 0.1) is 5.69 Å². The van der Waals surface area contributed by atoms with Crippen molar-refractivity contribution < 1.29 is 0 Å². The van der Waals surface area contributed by atoms with E-state index in [2.05, 4.69) is 94.5 Å². The van der Waals surface area contributed by atoms with Gasteiger partial charge in [0.15, 0.2) is 0 Å². The fourth-order valence-electron chi connectivity index (χ4n) is 4.65. The van der Waals surface area contributed by atoms with Crippen LogP contribution in [0.2, 0.25) is 0 Å². The van der Waals surface area contributed by atoms with Crippen molar-refractivity contribution in [2.24, 2.45) is 0 Å². The van der Waals surface area contributed by atoms with Crippen LogP contribution in [-0.4, -0.2) is 53.6 Å². The van der Waals surface area contributed by atoms with Gasteiger partial charge in [-0.05, 0) is 69.2 Å². The van der Waals surface area contributed by atoms with Crippen LogP contribution in [-0.2, 0) is 6.42 Å². The zero-order valence-corrected chi connectivity index (χ0v) is 19.0. The Kier molecular flexibility index (Phi) is 5.91. The molecule has 1 saturated heterocycles. The van der Waals surface area contributed by atoms with Crippen LogP contribution in [0, 0.1) is 0 Å². The van der Waals surface area contributed by atoms with Crippen LogP contribution < -0.4 is 4.90 Å². The van der Waals surface area contributed by atoms with E-state index in [1.807, 2.05) is 6.20 Å². The number of hydrogen-bond donors (Lipinski definition) is 1. The van der Waals surface area contributed by atoms with Crippen molar-refractivity contribution in [1.29, 1.82) is 0 Å². The molecule has 5 nitrogen and oxygen atoms in total. The van der Waals surface area contributed by atoms with Gasteiger partial charge in [0.1, 0.15) is 11.5 Å². The second-order valence-corrected chi connectivity index (χ2v) is 8.96. The highest BCUT2D eigenvalue weighted by Crippen LogP contribution is 2.33. The molecule has 1 aliphatic heterocycles. The first-order valence-electron chi connectivity index (χ1n) is 11.6. The Morgan fingerprint density at radius 2 is 1.84 bits per heavy atom. The lowest BCUT2D eigenvalue weighted by molar-refractivity contribution is 0.254. The summed E-state index contributed by atoms with van der Waals surface area (Å²) in [7, 11) is 4.32. The summed E-state index contributed by atoms with van der Waals surface area (Å²) in [6.07, 6.45) is 5.28. The van der Waals surface area contributed by atoms with Gasteiger partial charge in [0.25, 0.3) is 0 Å². The van der Waals surface area contributed by atoms with Crippen LogP contribution in [0.4, 0.5) is 5.82 Å². The topological polar surface area (TPSA) is 48.1 Å². The molecule has 0 bridgehead atoms. The number of piperidine rings is 1. The van der Waals surface area contributed by atoms with Crippen molar-refractivity contribution in [3.8, 4) is 11.3 Å². The first-order chi connectivity index (χ1) is 15.7. The second kappa shape index (κ2) is 9.13. The molecule has 0 spiro atoms. The summed E-state index contributed by atoms with van der Waals surface area (Å²) < 4.78 is 0. The zero-order chi connectivity index (χ0) is 21.9. The highest BCUT2D eigenvalue weighted by atomic mass is 15.2. The fourth-order valence-corrected chi connectivity index (χ4v) is 4.65. The Bertz CT molecular complexity index is 1180. The lowest BCUT2D eigenvalue weighted by Crippen LogP contribution is -2.29. The fraction of sp³-hybridized carbons (Fsp3) is 0.333. The van der Waals surface area contributed by atoms with E-state index in [0.717, 1.165) is 54.2 Å². The number of pyridine rings is 2. The molecular formula is C27H31N5. The summed E-state index contributed by atoms with van der Waals surface area (Å²) >= 11 is 0. The Balaban J connectivity index is 1.39. The summed E-state index contributed by atoms with van der Waals surface area (Å²) in [6.45, 7) is 3.23. The molecular weight excluding hydrogens is 394 g/mol. The molecule has 0 unspecified atom stereocenters. The number of likely N-dealkylation sites (N-methyl/N-ethyl adjacent to an activating group) is 1. The van der Waals surface area contributed by atoms with Crippen LogP contribution in [0.15, 0.2) is 66.9 Å². The Labute approximate surface area is 190 Å². The third-order valence-corrected chi connectivity index (χ3v) is 6.69. The van der Waals surface area contributed by atoms with E-state index in [9.17, 15) is 0 Å². The van der Waals surface area contributed by atoms with E-state index in [1.165, 1.54) is 24.1 Å². The molecule has 0 amide bonds. The molecule has 164 valence electrons. The predicted molar refractivity (Wildman–Crippen MR) is 132 cm³/mol. The van der Waals surface area contributed by atoms with Gasteiger partial charge >= 0.3 is 0 Å². The van der Waals surface area contributed by atoms with Crippen LogP contribution in [0.5, 0.6) is 0 Å². The van der Waals surface area contributed by atoms with E-state index >= 15 is 0 Å². The molecule has 1 N–H and O–H groups in total. The molecule has 0 atom stereocenters. The van der Waals surface area contributed by atoms with Crippen molar-refractivity contribution in [2.45, 2.75) is 25.2 Å². The summed E-state index contributed by atoms with van der Waals surface area (Å²) in [5.74, 6) is 1.58. The van der Waals surface area contributed by atoms with E-state index in [-0.39, 0.29) is 0 Å². The largest absolute Gasteiger partial charge is 0.359 e. The van der Waals surface area contributed by atoms with Gasteiger partial charge in [-0.25, -0.2) is 9.97 Å².